The summed E-state index contributed by atoms with van der Waals surface area (Å²) < 4.78 is 42.8. The van der Waals surface area contributed by atoms with E-state index < -0.39 is 42.2 Å². The second-order valence-corrected chi connectivity index (χ2v) is 6.63. The third kappa shape index (κ3) is 6.91. The molecule has 3 N–H and O–H groups in total. The number of aromatic amines is 1. The highest BCUT2D eigenvalue weighted by molar-refractivity contribution is 5.95. The lowest BCUT2D eigenvalue weighted by molar-refractivity contribution is -0.367. The van der Waals surface area contributed by atoms with Gasteiger partial charge < -0.3 is 10.1 Å². The number of urea groups is 1. The molecule has 0 aliphatic carbocycles. The van der Waals surface area contributed by atoms with Crippen molar-refractivity contribution in [2.45, 2.75) is 32.4 Å². The van der Waals surface area contributed by atoms with Gasteiger partial charge in [-0.05, 0) is 25.3 Å². The highest BCUT2D eigenvalue weighted by Gasteiger charge is 2.34. The number of anilines is 1. The summed E-state index contributed by atoms with van der Waals surface area (Å²) in [4.78, 5) is 39.5. The van der Waals surface area contributed by atoms with Gasteiger partial charge in [-0.25, -0.2) is 9.78 Å². The van der Waals surface area contributed by atoms with Crippen LogP contribution in [0.2, 0.25) is 0 Å². The number of rotatable bonds is 6. The van der Waals surface area contributed by atoms with E-state index >= 15 is 0 Å². The summed E-state index contributed by atoms with van der Waals surface area (Å²) in [5.74, 6) is -1.14. The molecule has 2 heterocycles. The molecule has 0 spiro atoms. The molecule has 1 fully saturated rings. The van der Waals surface area contributed by atoms with Crippen LogP contribution < -0.4 is 20.5 Å². The Morgan fingerprint density at radius 3 is 2.48 bits per heavy atom. The molecule has 0 saturated carbocycles. The summed E-state index contributed by atoms with van der Waals surface area (Å²) in [5, 5.41) is 4.52. The van der Waals surface area contributed by atoms with Crippen molar-refractivity contribution in [3.05, 3.63) is 23.9 Å². The number of nitrogens with one attached hydrogen (secondary N) is 3. The molecule has 0 radical (unpaired) electrons. The Kier molecular flexibility index (Phi) is 7.80. The van der Waals surface area contributed by atoms with Crippen molar-refractivity contribution < 1.29 is 37.3 Å². The molecule has 1 aliphatic heterocycles. The SMILES string of the molecule is CCCNC(=O)NC(=O)COC(=O)C1CCN(c2ccc(C(F)(F)F)c[nH+]2)CC1. The maximum Gasteiger partial charge on any atom is 0.419 e. The van der Waals surface area contributed by atoms with E-state index in [1.54, 1.807) is 0 Å². The van der Waals surface area contributed by atoms with Crippen LogP contribution in [-0.4, -0.2) is 44.1 Å². The Hall–Kier alpha value is -2.85. The summed E-state index contributed by atoms with van der Waals surface area (Å²) in [6.07, 6.45) is -1.90. The highest BCUT2D eigenvalue weighted by Crippen LogP contribution is 2.29. The van der Waals surface area contributed by atoms with Crippen molar-refractivity contribution in [1.82, 2.24) is 10.6 Å². The third-order valence-corrected chi connectivity index (χ3v) is 4.43. The van der Waals surface area contributed by atoms with E-state index in [2.05, 4.69) is 15.6 Å². The lowest BCUT2D eigenvalue weighted by Gasteiger charge is -2.26. The van der Waals surface area contributed by atoms with Crippen molar-refractivity contribution in [3.8, 4) is 0 Å². The molecule has 29 heavy (non-hydrogen) atoms. The fourth-order valence-corrected chi connectivity index (χ4v) is 2.85. The van der Waals surface area contributed by atoms with Crippen molar-refractivity contribution in [2.75, 3.05) is 31.1 Å². The largest absolute Gasteiger partial charge is 0.455 e. The van der Waals surface area contributed by atoms with Crippen LogP contribution in [0.5, 0.6) is 0 Å². The number of amides is 3. The van der Waals surface area contributed by atoms with Gasteiger partial charge in [-0.3, -0.25) is 19.8 Å². The van der Waals surface area contributed by atoms with Gasteiger partial charge >= 0.3 is 18.2 Å². The quantitative estimate of drug-likeness (QED) is 0.684. The summed E-state index contributed by atoms with van der Waals surface area (Å²) in [6, 6.07) is 1.71. The Morgan fingerprint density at radius 1 is 1.24 bits per heavy atom. The van der Waals surface area contributed by atoms with Gasteiger partial charge in [0.15, 0.2) is 6.61 Å². The topological polar surface area (TPSA) is 102 Å². The van der Waals surface area contributed by atoms with Crippen LogP contribution in [0.4, 0.5) is 23.8 Å². The van der Waals surface area contributed by atoms with Gasteiger partial charge in [0.1, 0.15) is 6.20 Å². The van der Waals surface area contributed by atoms with Crippen LogP contribution in [0.3, 0.4) is 0 Å². The molecule has 1 saturated heterocycles. The molecule has 2 rings (SSSR count). The Balaban J connectivity index is 1.75. The smallest absolute Gasteiger partial charge is 0.419 e. The molecule has 1 aromatic heterocycles. The summed E-state index contributed by atoms with van der Waals surface area (Å²) in [7, 11) is 0. The average Bonchev–Trinajstić information content (AvgIpc) is 2.70. The first-order chi connectivity index (χ1) is 13.7. The number of halogens is 3. The lowest BCUT2D eigenvalue weighted by atomic mass is 9.97. The van der Waals surface area contributed by atoms with E-state index in [-0.39, 0.29) is 0 Å². The first-order valence-corrected chi connectivity index (χ1v) is 9.29. The van der Waals surface area contributed by atoms with Crippen molar-refractivity contribution in [3.63, 3.8) is 0 Å². The molecule has 3 amide bonds. The maximum absolute atomic E-state index is 12.6. The molecule has 1 aliphatic rings. The van der Waals surface area contributed by atoms with Gasteiger partial charge in [0.05, 0.1) is 24.6 Å². The van der Waals surface area contributed by atoms with E-state index in [0.717, 1.165) is 18.7 Å². The number of carbonyl (C=O) groups excluding carboxylic acids is 3. The number of piperidine rings is 1. The fourth-order valence-electron chi connectivity index (χ4n) is 2.85. The molecule has 1 aromatic rings. The van der Waals surface area contributed by atoms with E-state index in [1.807, 2.05) is 11.8 Å². The second-order valence-electron chi connectivity index (χ2n) is 6.63. The Labute approximate surface area is 165 Å². The van der Waals surface area contributed by atoms with Crippen LogP contribution in [-0.2, 0) is 20.5 Å². The predicted octanol–water partition coefficient (Wildman–Crippen LogP) is 1.51. The van der Waals surface area contributed by atoms with Crippen LogP contribution in [0.15, 0.2) is 18.3 Å². The number of imide groups is 1. The molecule has 0 aromatic carbocycles. The molecule has 160 valence electrons. The number of hydrogen-bond acceptors (Lipinski definition) is 5. The number of hydrogen-bond donors (Lipinski definition) is 2. The first kappa shape index (κ1) is 22.4. The van der Waals surface area contributed by atoms with Gasteiger partial charge in [0.25, 0.3) is 11.7 Å². The number of pyridine rings is 1. The van der Waals surface area contributed by atoms with Gasteiger partial charge in [-0.2, -0.15) is 13.2 Å². The van der Waals surface area contributed by atoms with Gasteiger partial charge in [0, 0.05) is 12.6 Å². The molecule has 11 heteroatoms. The molecule has 0 unspecified atom stereocenters. The predicted molar refractivity (Wildman–Crippen MR) is 95.7 cm³/mol. The maximum atomic E-state index is 12.6. The van der Waals surface area contributed by atoms with E-state index in [4.69, 9.17) is 4.74 Å². The molecule has 0 bridgehead atoms. The zero-order valence-electron chi connectivity index (χ0n) is 16.0. The van der Waals surface area contributed by atoms with Gasteiger partial charge in [0.2, 0.25) is 0 Å². The number of H-pyrrole nitrogens is 1. The Morgan fingerprint density at radius 2 is 1.93 bits per heavy atom. The minimum absolute atomic E-state index is 0.414. The molecular weight excluding hydrogens is 393 g/mol. The molecular formula is C18H24F3N4O4+. The standard InChI is InChI=1S/C18H23F3N4O4/c1-2-7-22-17(28)24-15(26)11-29-16(27)12-5-8-25(9-6-12)14-4-3-13(10-23-14)18(19,20)21/h3-4,10,12H,2,5-9,11H2,1H3,(H2,22,24,26,28)/p+1. The third-order valence-electron chi connectivity index (χ3n) is 4.43. The zero-order valence-corrected chi connectivity index (χ0v) is 16.0. The van der Waals surface area contributed by atoms with Crippen molar-refractivity contribution in [1.29, 1.82) is 0 Å². The Bertz CT molecular complexity index is 717. The number of aromatic nitrogens is 1. The number of nitrogens with zero attached hydrogens (tertiary/aromatic N) is 1. The number of carbonyl (C=O) groups is 3. The van der Waals surface area contributed by atoms with Crippen molar-refractivity contribution >= 4 is 23.7 Å². The number of alkyl halides is 3. The fraction of sp³-hybridized carbons (Fsp3) is 0.556. The summed E-state index contributed by atoms with van der Waals surface area (Å²) >= 11 is 0. The average molecular weight is 417 g/mol. The number of esters is 1. The van der Waals surface area contributed by atoms with Crippen molar-refractivity contribution in [2.24, 2.45) is 5.92 Å². The summed E-state index contributed by atoms with van der Waals surface area (Å²) in [6.45, 7) is 2.64. The molecule has 8 nitrogen and oxygen atoms in total. The van der Waals surface area contributed by atoms with Gasteiger partial charge in [-0.15, -0.1) is 0 Å². The minimum Gasteiger partial charge on any atom is -0.455 e. The number of ether oxygens (including phenoxy) is 1. The van der Waals surface area contributed by atoms with E-state index in [1.165, 1.54) is 6.07 Å². The van der Waals surface area contributed by atoms with Crippen LogP contribution in [0.1, 0.15) is 31.7 Å². The van der Waals surface area contributed by atoms with E-state index in [9.17, 15) is 27.6 Å². The minimum atomic E-state index is -4.41. The zero-order chi connectivity index (χ0) is 21.4. The van der Waals surface area contributed by atoms with Crippen LogP contribution in [0, 0.1) is 5.92 Å². The first-order valence-electron chi connectivity index (χ1n) is 9.29. The van der Waals surface area contributed by atoms with Gasteiger partial charge in [-0.1, -0.05) is 6.92 Å². The van der Waals surface area contributed by atoms with Crippen LogP contribution in [0.25, 0.3) is 0 Å². The molecule has 0 atom stereocenters. The monoisotopic (exact) mass is 417 g/mol. The van der Waals surface area contributed by atoms with E-state index in [0.29, 0.717) is 38.3 Å². The normalized spacial score (nSPS) is 15.0. The van der Waals surface area contributed by atoms with Crippen LogP contribution >= 0.6 is 0 Å². The summed E-state index contributed by atoms with van der Waals surface area (Å²) in [5.41, 5.74) is -0.763. The lowest BCUT2D eigenvalue weighted by Crippen LogP contribution is -2.43. The highest BCUT2D eigenvalue weighted by atomic mass is 19.4. The second kappa shape index (κ2) is 10.1.